The van der Waals surface area contributed by atoms with Crippen LogP contribution < -0.4 is 19.9 Å². The highest BCUT2D eigenvalue weighted by atomic mass is 19.1. The van der Waals surface area contributed by atoms with Gasteiger partial charge in [0.2, 0.25) is 0 Å². The Bertz CT molecular complexity index is 1060. The highest BCUT2D eigenvalue weighted by Gasteiger charge is 2.40. The maximum atomic E-state index is 12.6. The summed E-state index contributed by atoms with van der Waals surface area (Å²) in [6.07, 6.45) is 4.21. The van der Waals surface area contributed by atoms with E-state index >= 15 is 0 Å². The Kier molecular flexibility index (Phi) is 6.11. The number of alkyl halides is 1. The van der Waals surface area contributed by atoms with Crippen molar-refractivity contribution in [3.63, 3.8) is 0 Å². The molecule has 0 radical (unpaired) electrons. The minimum Gasteiger partial charge on any atom is -0.491 e. The number of benzene rings is 2. The molecule has 2 aromatic carbocycles. The smallest absolute Gasteiger partial charge is 0.255 e. The number of aromatic nitrogens is 1. The number of amides is 1. The van der Waals surface area contributed by atoms with E-state index in [1.54, 1.807) is 24.3 Å². The number of piperazine rings is 1. The molecule has 1 aromatic heterocycles. The van der Waals surface area contributed by atoms with Gasteiger partial charge in [-0.15, -0.1) is 0 Å². The summed E-state index contributed by atoms with van der Waals surface area (Å²) >= 11 is 0. The van der Waals surface area contributed by atoms with Crippen molar-refractivity contribution >= 4 is 23.1 Å². The Hall–Kier alpha value is -3.61. The number of pyridine rings is 1. The molecule has 0 spiro atoms. The second-order valence-corrected chi connectivity index (χ2v) is 8.45. The largest absolute Gasteiger partial charge is 0.491 e. The van der Waals surface area contributed by atoms with E-state index in [0.29, 0.717) is 23.4 Å². The minimum absolute atomic E-state index is 0.0117. The van der Waals surface area contributed by atoms with Gasteiger partial charge in [0.1, 0.15) is 24.8 Å². The lowest BCUT2D eigenvalue weighted by Crippen LogP contribution is -2.54. The number of carbonyl (C=O) groups excluding carboxylic acids is 1. The van der Waals surface area contributed by atoms with E-state index < -0.39 is 6.67 Å². The predicted octanol–water partition coefficient (Wildman–Crippen LogP) is 4.54. The van der Waals surface area contributed by atoms with Gasteiger partial charge in [-0.2, -0.15) is 0 Å². The summed E-state index contributed by atoms with van der Waals surface area (Å²) in [5.41, 5.74) is 2.46. The lowest BCUT2D eigenvalue weighted by Gasteiger charge is -2.43. The molecular formula is C26H27FN4O2. The zero-order valence-electron chi connectivity index (χ0n) is 18.4. The molecule has 7 heteroatoms. The first-order valence-corrected chi connectivity index (χ1v) is 11.4. The first kappa shape index (κ1) is 21.2. The van der Waals surface area contributed by atoms with Crippen LogP contribution >= 0.6 is 0 Å². The van der Waals surface area contributed by atoms with Crippen molar-refractivity contribution < 1.29 is 13.9 Å². The molecule has 5 rings (SSSR count). The number of rotatable bonds is 7. The van der Waals surface area contributed by atoms with Crippen molar-refractivity contribution in [1.29, 1.82) is 0 Å². The predicted molar refractivity (Wildman–Crippen MR) is 128 cm³/mol. The van der Waals surface area contributed by atoms with Gasteiger partial charge < -0.3 is 19.9 Å². The van der Waals surface area contributed by atoms with Crippen molar-refractivity contribution in [3.8, 4) is 5.75 Å². The van der Waals surface area contributed by atoms with Crippen molar-refractivity contribution in [1.82, 2.24) is 4.98 Å². The van der Waals surface area contributed by atoms with Gasteiger partial charge in [0.15, 0.2) is 0 Å². The first-order valence-electron chi connectivity index (χ1n) is 11.4. The molecule has 2 saturated heterocycles. The van der Waals surface area contributed by atoms with Crippen LogP contribution in [0, 0.1) is 0 Å². The molecule has 2 aliphatic heterocycles. The Labute approximate surface area is 193 Å². The number of nitrogens with zero attached hydrogens (tertiary/aromatic N) is 3. The normalized spacial score (nSPS) is 19.4. The fraction of sp³-hybridized carbons (Fsp3) is 0.308. The third-order valence-corrected chi connectivity index (χ3v) is 6.34. The van der Waals surface area contributed by atoms with E-state index in [0.717, 1.165) is 24.6 Å². The van der Waals surface area contributed by atoms with E-state index in [9.17, 15) is 9.18 Å². The standard InChI is InChI=1S/C26H27FN4O2/c27-14-16-33-24-12-4-19(5-13-24)26(32)29-20-6-8-21(9-7-20)31-22-10-11-23(31)18-30(17-22)25-3-1-2-15-28-25/h1-9,12-13,15,22-23H,10-11,14,16-18H2,(H,29,32). The molecule has 2 unspecified atom stereocenters. The van der Waals surface area contributed by atoms with E-state index in [-0.39, 0.29) is 12.5 Å². The van der Waals surface area contributed by atoms with Crippen LogP contribution in [0.25, 0.3) is 0 Å². The van der Waals surface area contributed by atoms with Gasteiger partial charge in [-0.05, 0) is 73.5 Å². The van der Waals surface area contributed by atoms with E-state index in [2.05, 4.69) is 38.3 Å². The lowest BCUT2D eigenvalue weighted by molar-refractivity contribution is 0.102. The molecule has 2 bridgehead atoms. The molecule has 1 N–H and O–H groups in total. The average Bonchev–Trinajstić information content (AvgIpc) is 3.12. The molecule has 6 nitrogen and oxygen atoms in total. The Morgan fingerprint density at radius 1 is 1.00 bits per heavy atom. The number of halogens is 1. The van der Waals surface area contributed by atoms with Crippen molar-refractivity contribution in [2.45, 2.75) is 24.9 Å². The Morgan fingerprint density at radius 2 is 1.73 bits per heavy atom. The van der Waals surface area contributed by atoms with Gasteiger partial charge in [-0.3, -0.25) is 4.79 Å². The van der Waals surface area contributed by atoms with Crippen molar-refractivity contribution in [2.75, 3.05) is 41.5 Å². The van der Waals surface area contributed by atoms with Crippen LogP contribution in [0.5, 0.6) is 5.75 Å². The zero-order valence-corrected chi connectivity index (χ0v) is 18.4. The summed E-state index contributed by atoms with van der Waals surface area (Å²) < 4.78 is 17.4. The van der Waals surface area contributed by atoms with E-state index in [1.165, 1.54) is 18.5 Å². The number of anilines is 3. The summed E-state index contributed by atoms with van der Waals surface area (Å²) in [5, 5.41) is 2.94. The van der Waals surface area contributed by atoms with Crippen LogP contribution in [0.3, 0.4) is 0 Å². The second kappa shape index (κ2) is 9.48. The SMILES string of the molecule is O=C(Nc1ccc(N2C3CCC2CN(c2ccccn2)C3)cc1)c1ccc(OCCF)cc1. The van der Waals surface area contributed by atoms with Gasteiger partial charge in [-0.25, -0.2) is 9.37 Å². The van der Waals surface area contributed by atoms with Crippen LogP contribution in [0.1, 0.15) is 23.2 Å². The first-order chi connectivity index (χ1) is 16.2. The molecule has 2 aliphatic rings. The van der Waals surface area contributed by atoms with Gasteiger partial charge in [0.05, 0.1) is 0 Å². The summed E-state index contributed by atoms with van der Waals surface area (Å²) in [7, 11) is 0. The number of fused-ring (bicyclic) bond motifs is 2. The van der Waals surface area contributed by atoms with Crippen LogP contribution in [0.2, 0.25) is 0 Å². The van der Waals surface area contributed by atoms with Gasteiger partial charge in [0, 0.05) is 48.3 Å². The van der Waals surface area contributed by atoms with Crippen molar-refractivity contribution in [3.05, 3.63) is 78.5 Å². The molecule has 0 aliphatic carbocycles. The molecule has 2 fully saturated rings. The van der Waals surface area contributed by atoms with Gasteiger partial charge in [-0.1, -0.05) is 6.07 Å². The number of hydrogen-bond acceptors (Lipinski definition) is 5. The van der Waals surface area contributed by atoms with Crippen LogP contribution in [0.4, 0.5) is 21.6 Å². The second-order valence-electron chi connectivity index (χ2n) is 8.45. The fourth-order valence-electron chi connectivity index (χ4n) is 4.83. The number of carbonyl (C=O) groups is 1. The molecule has 3 heterocycles. The third kappa shape index (κ3) is 4.62. The number of ether oxygens (including phenoxy) is 1. The topological polar surface area (TPSA) is 57.7 Å². The van der Waals surface area contributed by atoms with Gasteiger partial charge in [0.25, 0.3) is 5.91 Å². The fourth-order valence-corrected chi connectivity index (χ4v) is 4.83. The van der Waals surface area contributed by atoms with Crippen LogP contribution in [-0.2, 0) is 0 Å². The van der Waals surface area contributed by atoms with Gasteiger partial charge >= 0.3 is 0 Å². The quantitative estimate of drug-likeness (QED) is 0.578. The molecule has 33 heavy (non-hydrogen) atoms. The Balaban J connectivity index is 1.22. The summed E-state index contributed by atoms with van der Waals surface area (Å²) in [5.74, 6) is 1.41. The zero-order chi connectivity index (χ0) is 22.6. The Morgan fingerprint density at radius 3 is 2.36 bits per heavy atom. The van der Waals surface area contributed by atoms with Crippen LogP contribution in [0.15, 0.2) is 72.9 Å². The summed E-state index contributed by atoms with van der Waals surface area (Å²) in [6, 6.07) is 21.8. The number of nitrogens with one attached hydrogen (secondary N) is 1. The molecule has 2 atom stereocenters. The van der Waals surface area contributed by atoms with E-state index in [4.69, 9.17) is 4.74 Å². The van der Waals surface area contributed by atoms with Crippen molar-refractivity contribution in [2.24, 2.45) is 0 Å². The number of hydrogen-bond donors (Lipinski definition) is 1. The molecule has 0 saturated carbocycles. The highest BCUT2D eigenvalue weighted by molar-refractivity contribution is 6.04. The van der Waals surface area contributed by atoms with Crippen LogP contribution in [-0.4, -0.2) is 49.3 Å². The lowest BCUT2D eigenvalue weighted by atomic mass is 10.1. The average molecular weight is 447 g/mol. The minimum atomic E-state index is -0.542. The summed E-state index contributed by atoms with van der Waals surface area (Å²) in [4.78, 5) is 22.0. The maximum absolute atomic E-state index is 12.6. The maximum Gasteiger partial charge on any atom is 0.255 e. The molecule has 3 aromatic rings. The highest BCUT2D eigenvalue weighted by Crippen LogP contribution is 2.36. The monoisotopic (exact) mass is 446 g/mol. The van der Waals surface area contributed by atoms with E-state index in [1.807, 2.05) is 30.5 Å². The third-order valence-electron chi connectivity index (χ3n) is 6.34. The molecular weight excluding hydrogens is 419 g/mol. The molecule has 1 amide bonds. The summed E-state index contributed by atoms with van der Waals surface area (Å²) in [6.45, 7) is 1.41. The molecule has 170 valence electrons.